The Morgan fingerprint density at radius 3 is 2.26 bits per heavy atom. The number of hydrogen-bond donors (Lipinski definition) is 1. The highest BCUT2D eigenvalue weighted by Gasteiger charge is 2.46. The van der Waals surface area contributed by atoms with Gasteiger partial charge in [0.15, 0.2) is 0 Å². The molecule has 8 nitrogen and oxygen atoms in total. The van der Waals surface area contributed by atoms with Gasteiger partial charge in [0, 0.05) is 30.8 Å². The third kappa shape index (κ3) is 5.83. The quantitative estimate of drug-likeness (QED) is 0.619. The van der Waals surface area contributed by atoms with Gasteiger partial charge in [0.2, 0.25) is 12.0 Å². The van der Waals surface area contributed by atoms with Crippen molar-refractivity contribution in [1.29, 1.82) is 0 Å². The number of carbonyl (C=O) groups excluding carboxylic acids is 1. The highest BCUT2D eigenvalue weighted by molar-refractivity contribution is 5.92. The minimum absolute atomic E-state index is 0.0556. The molecule has 0 spiro atoms. The Hall–Kier alpha value is -2.85. The number of amidine groups is 1. The van der Waals surface area contributed by atoms with Crippen LogP contribution < -0.4 is 5.73 Å². The van der Waals surface area contributed by atoms with Crippen LogP contribution in [0.5, 0.6) is 0 Å². The van der Waals surface area contributed by atoms with Gasteiger partial charge in [-0.25, -0.2) is 0 Å². The molecule has 2 aliphatic heterocycles. The molecule has 148 valence electrons. The number of halogens is 3. The van der Waals surface area contributed by atoms with E-state index in [1.165, 1.54) is 24.3 Å². The lowest BCUT2D eigenvalue weighted by molar-refractivity contribution is -0.384. The van der Waals surface area contributed by atoms with Gasteiger partial charge in [-0.1, -0.05) is 5.16 Å². The second kappa shape index (κ2) is 8.69. The summed E-state index contributed by atoms with van der Waals surface area (Å²) in [5.41, 5.74) is 5.14. The number of non-ortho nitro benzene ring substituents is 1. The molecular weight excluding hydrogens is 369 g/mol. The van der Waals surface area contributed by atoms with Crippen LogP contribution in [0.15, 0.2) is 29.4 Å². The Morgan fingerprint density at radius 2 is 1.81 bits per heavy atom. The van der Waals surface area contributed by atoms with Gasteiger partial charge in [0.25, 0.3) is 5.69 Å². The van der Waals surface area contributed by atoms with Crippen molar-refractivity contribution in [3.63, 3.8) is 0 Å². The summed E-state index contributed by atoms with van der Waals surface area (Å²) in [6.07, 6.45) is -2.99. The van der Waals surface area contributed by atoms with Gasteiger partial charge in [0.05, 0.1) is 11.3 Å². The van der Waals surface area contributed by atoms with Crippen molar-refractivity contribution in [2.24, 2.45) is 10.9 Å². The van der Waals surface area contributed by atoms with Crippen LogP contribution >= 0.6 is 0 Å². The number of rotatable bonds is 2. The van der Waals surface area contributed by atoms with Crippen LogP contribution in [-0.2, 0) is 4.84 Å². The zero-order chi connectivity index (χ0) is 20.0. The van der Waals surface area contributed by atoms with Gasteiger partial charge >= 0.3 is 6.18 Å². The number of likely N-dealkylation sites (tertiary alicyclic amines) is 1. The van der Waals surface area contributed by atoms with Crippen molar-refractivity contribution in [1.82, 2.24) is 4.90 Å². The van der Waals surface area contributed by atoms with Crippen molar-refractivity contribution in [2.45, 2.75) is 38.0 Å². The molecule has 27 heavy (non-hydrogen) atoms. The first-order valence-corrected chi connectivity index (χ1v) is 8.27. The number of carbonyl (C=O) groups is 1. The fourth-order valence-electron chi connectivity index (χ4n) is 2.63. The van der Waals surface area contributed by atoms with Crippen LogP contribution in [0.2, 0.25) is 0 Å². The van der Waals surface area contributed by atoms with Gasteiger partial charge in [-0.05, 0) is 31.4 Å². The Labute approximate surface area is 152 Å². The fraction of sp³-hybridized carbons (Fsp3) is 0.500. The number of alkyl halides is 3. The predicted molar refractivity (Wildman–Crippen MR) is 90.0 cm³/mol. The number of amides is 1. The molecule has 1 amide bonds. The van der Waals surface area contributed by atoms with E-state index < -0.39 is 23.1 Å². The molecule has 2 N–H and O–H groups in total. The van der Waals surface area contributed by atoms with Crippen molar-refractivity contribution < 1.29 is 27.7 Å². The van der Waals surface area contributed by atoms with Gasteiger partial charge in [-0.15, -0.1) is 0 Å². The highest BCUT2D eigenvalue weighted by atomic mass is 19.4. The number of nitrogens with two attached hydrogens (primary N) is 1. The fourth-order valence-corrected chi connectivity index (χ4v) is 2.63. The third-order valence-electron chi connectivity index (χ3n) is 4.10. The van der Waals surface area contributed by atoms with Crippen molar-refractivity contribution in [3.8, 4) is 0 Å². The first kappa shape index (κ1) is 20.5. The second-order valence-electron chi connectivity index (χ2n) is 6.06. The van der Waals surface area contributed by atoms with E-state index in [0.717, 1.165) is 32.4 Å². The summed E-state index contributed by atoms with van der Waals surface area (Å²) in [4.78, 5) is 26.5. The van der Waals surface area contributed by atoms with Crippen LogP contribution in [-0.4, -0.2) is 46.9 Å². The molecule has 0 bridgehead atoms. The van der Waals surface area contributed by atoms with E-state index in [4.69, 9.17) is 5.73 Å². The number of primary amides is 1. The monoisotopic (exact) mass is 388 g/mol. The molecule has 2 aliphatic rings. The molecule has 2 heterocycles. The smallest absolute Gasteiger partial charge is 0.381 e. The summed E-state index contributed by atoms with van der Waals surface area (Å²) in [5.74, 6) is -0.137. The van der Waals surface area contributed by atoms with Crippen molar-refractivity contribution >= 4 is 17.4 Å². The van der Waals surface area contributed by atoms with E-state index >= 15 is 0 Å². The average Bonchev–Trinajstić information content (AvgIpc) is 3.14. The van der Waals surface area contributed by atoms with E-state index in [1.54, 1.807) is 0 Å². The SMILES string of the molecule is FC(F)(F)C1CC(N2CCCCC2)=NO1.NC(=O)c1ccc([N+](=O)[O-])cc1. The lowest BCUT2D eigenvalue weighted by Crippen LogP contribution is -2.37. The van der Waals surface area contributed by atoms with E-state index in [9.17, 15) is 28.1 Å². The summed E-state index contributed by atoms with van der Waals surface area (Å²) < 4.78 is 36.9. The topological polar surface area (TPSA) is 111 Å². The van der Waals surface area contributed by atoms with Gasteiger partial charge in [-0.3, -0.25) is 14.9 Å². The van der Waals surface area contributed by atoms with E-state index in [1.807, 2.05) is 4.90 Å². The Balaban J connectivity index is 0.000000199. The maximum absolute atomic E-state index is 12.3. The van der Waals surface area contributed by atoms with Crippen LogP contribution in [0, 0.1) is 10.1 Å². The average molecular weight is 388 g/mol. The maximum atomic E-state index is 12.3. The first-order chi connectivity index (χ1) is 12.7. The largest absolute Gasteiger partial charge is 0.428 e. The second-order valence-corrected chi connectivity index (χ2v) is 6.06. The molecule has 11 heteroatoms. The predicted octanol–water partition coefficient (Wildman–Crippen LogP) is 2.83. The van der Waals surface area contributed by atoms with Crippen molar-refractivity contribution in [3.05, 3.63) is 39.9 Å². The molecule has 1 aromatic carbocycles. The molecular formula is C16H19F3N4O4. The highest BCUT2D eigenvalue weighted by Crippen LogP contribution is 2.30. The van der Waals surface area contributed by atoms with Crippen LogP contribution in [0.1, 0.15) is 36.0 Å². The number of piperidine rings is 1. The number of hydrogen-bond acceptors (Lipinski definition) is 6. The van der Waals surface area contributed by atoms with Gasteiger partial charge in [0.1, 0.15) is 5.84 Å². The lowest BCUT2D eigenvalue weighted by atomic mass is 10.1. The van der Waals surface area contributed by atoms with Gasteiger partial charge in [-0.2, -0.15) is 13.2 Å². The summed E-state index contributed by atoms with van der Waals surface area (Å²) in [5, 5.41) is 13.7. The van der Waals surface area contributed by atoms with E-state index in [0.29, 0.717) is 5.84 Å². The molecule has 3 rings (SSSR count). The Morgan fingerprint density at radius 1 is 1.22 bits per heavy atom. The minimum Gasteiger partial charge on any atom is -0.381 e. The molecule has 1 unspecified atom stereocenters. The Kier molecular flexibility index (Phi) is 6.59. The maximum Gasteiger partial charge on any atom is 0.428 e. The Bertz CT molecular complexity index is 668. The third-order valence-corrected chi connectivity index (χ3v) is 4.10. The summed E-state index contributed by atoms with van der Waals surface area (Å²) in [7, 11) is 0. The number of nitrogens with zero attached hydrogens (tertiary/aromatic N) is 3. The molecule has 0 radical (unpaired) electrons. The van der Waals surface area contributed by atoms with Crippen LogP contribution in [0.4, 0.5) is 18.9 Å². The number of benzene rings is 1. The summed E-state index contributed by atoms with van der Waals surface area (Å²) >= 11 is 0. The molecule has 1 saturated heterocycles. The van der Waals surface area contributed by atoms with E-state index in [-0.39, 0.29) is 17.7 Å². The molecule has 0 saturated carbocycles. The van der Waals surface area contributed by atoms with Crippen LogP contribution in [0.3, 0.4) is 0 Å². The molecule has 1 aromatic rings. The van der Waals surface area contributed by atoms with Crippen LogP contribution in [0.25, 0.3) is 0 Å². The summed E-state index contributed by atoms with van der Waals surface area (Å²) in [6, 6.07) is 5.11. The minimum atomic E-state index is -4.30. The molecule has 1 atom stereocenters. The number of nitro groups is 1. The molecule has 1 fully saturated rings. The standard InChI is InChI=1S/C9H13F3N2O.C7H6N2O3/c10-9(11,12)7-6-8(13-15-7)14-4-2-1-3-5-14;8-7(10)5-1-3-6(4-2-5)9(11)12/h7H,1-6H2;1-4H,(H2,8,10). The first-order valence-electron chi connectivity index (χ1n) is 8.27. The van der Waals surface area contributed by atoms with Gasteiger partial charge < -0.3 is 15.5 Å². The van der Waals surface area contributed by atoms with Crippen molar-refractivity contribution in [2.75, 3.05) is 13.1 Å². The molecule has 0 aliphatic carbocycles. The molecule has 0 aromatic heterocycles. The normalized spacial score (nSPS) is 19.4. The zero-order valence-corrected chi connectivity index (χ0v) is 14.3. The number of nitro benzene ring substituents is 1. The number of oxime groups is 1. The lowest BCUT2D eigenvalue weighted by Gasteiger charge is -2.27. The zero-order valence-electron chi connectivity index (χ0n) is 14.3. The van der Waals surface area contributed by atoms with E-state index in [2.05, 4.69) is 9.99 Å². The summed E-state index contributed by atoms with van der Waals surface area (Å²) in [6.45, 7) is 1.60.